The standard InChI is InChI=1S/C24H23FN2O4/c1-17-7-12-21(29)27(15-17)22(23(30)19-8-10-20(25)11-9-19)24(31)26(13-14-28)16-18-5-3-2-4-6-18/h2-12,15,22,28H,13-14,16H2,1H3. The van der Waals surface area contributed by atoms with Crippen LogP contribution in [0, 0.1) is 12.7 Å². The third kappa shape index (κ3) is 5.32. The van der Waals surface area contributed by atoms with Gasteiger partial charge in [0, 0.05) is 30.9 Å². The highest BCUT2D eigenvalue weighted by Crippen LogP contribution is 2.19. The molecule has 1 unspecified atom stereocenters. The van der Waals surface area contributed by atoms with Crippen molar-refractivity contribution in [1.29, 1.82) is 0 Å². The van der Waals surface area contributed by atoms with E-state index >= 15 is 0 Å². The van der Waals surface area contributed by atoms with Crippen LogP contribution in [0.25, 0.3) is 0 Å². The highest BCUT2D eigenvalue weighted by molar-refractivity contribution is 6.11. The van der Waals surface area contributed by atoms with Gasteiger partial charge in [0.25, 0.3) is 11.5 Å². The maximum absolute atomic E-state index is 13.5. The summed E-state index contributed by atoms with van der Waals surface area (Å²) in [5.74, 6) is -1.77. The number of Topliss-reactive ketones (excluding diaryl/α,β-unsaturated/α-hetero) is 1. The van der Waals surface area contributed by atoms with Gasteiger partial charge < -0.3 is 10.0 Å². The van der Waals surface area contributed by atoms with Crippen LogP contribution < -0.4 is 5.56 Å². The first-order valence-corrected chi connectivity index (χ1v) is 9.83. The quantitative estimate of drug-likeness (QED) is 0.447. The van der Waals surface area contributed by atoms with Gasteiger partial charge in [-0.1, -0.05) is 36.4 Å². The molecule has 160 valence electrons. The largest absolute Gasteiger partial charge is 0.395 e. The second-order valence-corrected chi connectivity index (χ2v) is 7.19. The molecule has 3 rings (SSSR count). The average Bonchev–Trinajstić information content (AvgIpc) is 2.77. The number of amides is 1. The fraction of sp³-hybridized carbons (Fsp3) is 0.208. The van der Waals surface area contributed by atoms with E-state index in [-0.39, 0.29) is 25.3 Å². The summed E-state index contributed by atoms with van der Waals surface area (Å²) in [5.41, 5.74) is 1.11. The van der Waals surface area contributed by atoms with Gasteiger partial charge in [-0.25, -0.2) is 4.39 Å². The van der Waals surface area contributed by atoms with E-state index < -0.39 is 29.1 Å². The van der Waals surface area contributed by atoms with Gasteiger partial charge in [-0.3, -0.25) is 19.0 Å². The molecule has 0 bridgehead atoms. The molecule has 0 aliphatic rings. The van der Waals surface area contributed by atoms with Crippen molar-refractivity contribution < 1.29 is 19.1 Å². The number of aliphatic hydroxyl groups is 1. The van der Waals surface area contributed by atoms with E-state index in [0.717, 1.165) is 22.3 Å². The summed E-state index contributed by atoms with van der Waals surface area (Å²) in [7, 11) is 0. The normalized spacial score (nSPS) is 11.7. The monoisotopic (exact) mass is 422 g/mol. The second-order valence-electron chi connectivity index (χ2n) is 7.19. The fourth-order valence-corrected chi connectivity index (χ4v) is 3.31. The number of pyridine rings is 1. The highest BCUT2D eigenvalue weighted by Gasteiger charge is 2.33. The smallest absolute Gasteiger partial charge is 0.254 e. The van der Waals surface area contributed by atoms with Crippen LogP contribution in [0.5, 0.6) is 0 Å². The van der Waals surface area contributed by atoms with Gasteiger partial charge in [0.15, 0.2) is 11.8 Å². The van der Waals surface area contributed by atoms with Gasteiger partial charge >= 0.3 is 0 Å². The molecular weight excluding hydrogens is 399 g/mol. The van der Waals surface area contributed by atoms with Crippen LogP contribution in [0.1, 0.15) is 27.5 Å². The second kappa shape index (κ2) is 9.95. The lowest BCUT2D eigenvalue weighted by Crippen LogP contribution is -2.44. The lowest BCUT2D eigenvalue weighted by Gasteiger charge is -2.27. The van der Waals surface area contributed by atoms with E-state index in [1.165, 1.54) is 29.3 Å². The zero-order valence-corrected chi connectivity index (χ0v) is 17.1. The van der Waals surface area contributed by atoms with E-state index in [1.807, 2.05) is 30.3 Å². The Hall–Kier alpha value is -3.58. The number of aliphatic hydroxyl groups excluding tert-OH is 1. The van der Waals surface area contributed by atoms with Crippen molar-refractivity contribution in [3.05, 3.63) is 106 Å². The maximum Gasteiger partial charge on any atom is 0.254 e. The minimum absolute atomic E-state index is 0.0124. The first-order chi connectivity index (χ1) is 14.9. The van der Waals surface area contributed by atoms with E-state index in [9.17, 15) is 23.9 Å². The molecule has 0 radical (unpaired) electrons. The van der Waals surface area contributed by atoms with Gasteiger partial charge in [0.05, 0.1) is 6.61 Å². The van der Waals surface area contributed by atoms with Gasteiger partial charge in [-0.15, -0.1) is 0 Å². The summed E-state index contributed by atoms with van der Waals surface area (Å²) >= 11 is 0. The van der Waals surface area contributed by atoms with Crippen LogP contribution in [0.4, 0.5) is 4.39 Å². The van der Waals surface area contributed by atoms with Crippen molar-refractivity contribution in [3.8, 4) is 0 Å². The number of hydrogen-bond acceptors (Lipinski definition) is 4. The Labute approximate surface area is 179 Å². The molecule has 0 aliphatic carbocycles. The lowest BCUT2D eigenvalue weighted by molar-refractivity contribution is -0.134. The van der Waals surface area contributed by atoms with Crippen LogP contribution in [0.3, 0.4) is 0 Å². The first kappa shape index (κ1) is 22.1. The Morgan fingerprint density at radius 1 is 1.03 bits per heavy atom. The average molecular weight is 422 g/mol. The van der Waals surface area contributed by atoms with Crippen LogP contribution >= 0.6 is 0 Å². The molecule has 0 saturated carbocycles. The summed E-state index contributed by atoms with van der Waals surface area (Å²) in [6.07, 6.45) is 1.45. The molecule has 3 aromatic rings. The Morgan fingerprint density at radius 2 is 1.71 bits per heavy atom. The Kier molecular flexibility index (Phi) is 7.10. The summed E-state index contributed by atoms with van der Waals surface area (Å²) < 4.78 is 14.4. The molecule has 1 N–H and O–H groups in total. The number of benzene rings is 2. The predicted octanol–water partition coefficient (Wildman–Crippen LogP) is 2.74. The molecule has 0 spiro atoms. The summed E-state index contributed by atoms with van der Waals surface area (Å²) in [6.45, 7) is 1.59. The van der Waals surface area contributed by atoms with Crippen LogP contribution in [0.2, 0.25) is 0 Å². The molecule has 1 aromatic heterocycles. The van der Waals surface area contributed by atoms with E-state index in [1.54, 1.807) is 13.0 Å². The van der Waals surface area contributed by atoms with Crippen LogP contribution in [-0.2, 0) is 11.3 Å². The minimum atomic E-state index is -1.48. The lowest BCUT2D eigenvalue weighted by atomic mass is 10.0. The number of halogens is 1. The Balaban J connectivity index is 2.06. The fourth-order valence-electron chi connectivity index (χ4n) is 3.31. The van der Waals surface area contributed by atoms with E-state index in [2.05, 4.69) is 0 Å². The number of rotatable bonds is 8. The van der Waals surface area contributed by atoms with E-state index in [0.29, 0.717) is 5.56 Å². The topological polar surface area (TPSA) is 79.6 Å². The highest BCUT2D eigenvalue weighted by atomic mass is 19.1. The number of aryl methyl sites for hydroxylation is 1. The molecule has 6 nitrogen and oxygen atoms in total. The third-order valence-corrected chi connectivity index (χ3v) is 4.87. The minimum Gasteiger partial charge on any atom is -0.395 e. The summed E-state index contributed by atoms with van der Waals surface area (Å²) in [5, 5.41) is 9.51. The zero-order valence-electron chi connectivity index (χ0n) is 17.1. The molecule has 1 atom stereocenters. The zero-order chi connectivity index (χ0) is 22.4. The summed E-state index contributed by atoms with van der Waals surface area (Å²) in [6, 6.07) is 15.4. The van der Waals surface area contributed by atoms with Crippen molar-refractivity contribution in [2.24, 2.45) is 0 Å². The molecule has 2 aromatic carbocycles. The number of carbonyl (C=O) groups excluding carboxylic acids is 2. The number of aromatic nitrogens is 1. The molecule has 0 saturated heterocycles. The van der Waals surface area contributed by atoms with Gasteiger partial charge in [0.2, 0.25) is 0 Å². The number of carbonyl (C=O) groups is 2. The molecule has 1 heterocycles. The van der Waals surface area contributed by atoms with E-state index in [4.69, 9.17) is 0 Å². The first-order valence-electron chi connectivity index (χ1n) is 9.83. The van der Waals surface area contributed by atoms with Crippen molar-refractivity contribution in [1.82, 2.24) is 9.47 Å². The van der Waals surface area contributed by atoms with Crippen molar-refractivity contribution in [2.75, 3.05) is 13.2 Å². The third-order valence-electron chi connectivity index (χ3n) is 4.87. The van der Waals surface area contributed by atoms with Gasteiger partial charge in [-0.2, -0.15) is 0 Å². The molecule has 1 amide bonds. The molecule has 0 fully saturated rings. The summed E-state index contributed by atoms with van der Waals surface area (Å²) in [4.78, 5) is 40.8. The van der Waals surface area contributed by atoms with Crippen LogP contribution in [0.15, 0.2) is 77.7 Å². The number of ketones is 1. The Bertz CT molecular complexity index is 1110. The number of nitrogens with zero attached hydrogens (tertiary/aromatic N) is 2. The molecule has 0 aliphatic heterocycles. The van der Waals surface area contributed by atoms with Crippen molar-refractivity contribution in [2.45, 2.75) is 19.5 Å². The molecular formula is C24H23FN2O4. The maximum atomic E-state index is 13.5. The predicted molar refractivity (Wildman–Crippen MR) is 114 cm³/mol. The van der Waals surface area contributed by atoms with Crippen molar-refractivity contribution in [3.63, 3.8) is 0 Å². The Morgan fingerprint density at radius 3 is 2.35 bits per heavy atom. The molecule has 7 heteroatoms. The van der Waals surface area contributed by atoms with Gasteiger partial charge in [-0.05, 0) is 42.3 Å². The van der Waals surface area contributed by atoms with Crippen molar-refractivity contribution >= 4 is 11.7 Å². The van der Waals surface area contributed by atoms with Gasteiger partial charge in [0.1, 0.15) is 5.82 Å². The van der Waals surface area contributed by atoms with Crippen LogP contribution in [-0.4, -0.2) is 39.4 Å². The SMILES string of the molecule is Cc1ccc(=O)n(C(C(=O)c2ccc(F)cc2)C(=O)N(CCO)Cc2ccccc2)c1. The molecule has 31 heavy (non-hydrogen) atoms. The number of hydrogen-bond donors (Lipinski definition) is 1.